The van der Waals surface area contributed by atoms with Crippen LogP contribution in [0.15, 0.2) is 35.1 Å². The second kappa shape index (κ2) is 7.58. The Balaban J connectivity index is 2.12. The van der Waals surface area contributed by atoms with Crippen LogP contribution in [0.2, 0.25) is 0 Å². The highest BCUT2D eigenvalue weighted by atomic mass is 16.5. The van der Waals surface area contributed by atoms with Gasteiger partial charge in [0.2, 0.25) is 5.95 Å². The van der Waals surface area contributed by atoms with Gasteiger partial charge in [-0.1, -0.05) is 20.8 Å². The number of carbonyl (C=O) groups is 1. The lowest BCUT2D eigenvalue weighted by Gasteiger charge is -2.09. The first-order valence-electron chi connectivity index (χ1n) is 7.65. The molecule has 0 bridgehead atoms. The average Bonchev–Trinajstić information content (AvgIpc) is 2.52. The summed E-state index contributed by atoms with van der Waals surface area (Å²) in [6, 6.07) is 8.31. The highest BCUT2D eigenvalue weighted by molar-refractivity contribution is 5.89. The first-order chi connectivity index (χ1) is 11.0. The lowest BCUT2D eigenvalue weighted by molar-refractivity contribution is 0.0505. The minimum atomic E-state index is -0.341. The molecule has 23 heavy (non-hydrogen) atoms. The molecule has 0 spiro atoms. The first-order valence-corrected chi connectivity index (χ1v) is 7.65. The van der Waals surface area contributed by atoms with E-state index in [0.29, 0.717) is 18.1 Å². The van der Waals surface area contributed by atoms with Gasteiger partial charge in [-0.15, -0.1) is 0 Å². The number of anilines is 2. The summed E-state index contributed by atoms with van der Waals surface area (Å²) in [6.07, 6.45) is 0.788. The minimum Gasteiger partial charge on any atom is -0.462 e. The fourth-order valence-corrected chi connectivity index (χ4v) is 1.94. The number of hydrogen-bond donors (Lipinski definition) is 2. The van der Waals surface area contributed by atoms with Crippen LogP contribution < -0.4 is 10.9 Å². The van der Waals surface area contributed by atoms with Gasteiger partial charge in [0.25, 0.3) is 5.56 Å². The van der Waals surface area contributed by atoms with Crippen molar-refractivity contribution < 1.29 is 9.53 Å². The van der Waals surface area contributed by atoms with Gasteiger partial charge in [0, 0.05) is 11.8 Å². The normalized spacial score (nSPS) is 10.6. The molecule has 0 aliphatic rings. The molecule has 0 amide bonds. The molecule has 0 unspecified atom stereocenters. The van der Waals surface area contributed by atoms with Gasteiger partial charge in [0.05, 0.1) is 17.9 Å². The Kier molecular flexibility index (Phi) is 5.51. The molecule has 0 atom stereocenters. The topological polar surface area (TPSA) is 84.1 Å². The van der Waals surface area contributed by atoms with E-state index in [1.54, 1.807) is 24.3 Å². The fraction of sp³-hybridized carbons (Fsp3) is 0.353. The number of carbonyl (C=O) groups excluding carboxylic acids is 1. The molecule has 6 heteroatoms. The maximum atomic E-state index is 11.7. The SMILES string of the molecule is CCCOC(=O)c1ccc(Nc2nc(C(C)C)cc(=O)[nH]2)cc1. The van der Waals surface area contributed by atoms with Gasteiger partial charge in [0.1, 0.15) is 0 Å². The number of H-pyrrole nitrogens is 1. The highest BCUT2D eigenvalue weighted by Crippen LogP contribution is 2.16. The number of hydrogen-bond acceptors (Lipinski definition) is 5. The van der Waals surface area contributed by atoms with Crippen LogP contribution in [0.3, 0.4) is 0 Å². The summed E-state index contributed by atoms with van der Waals surface area (Å²) >= 11 is 0. The quantitative estimate of drug-likeness (QED) is 0.800. The van der Waals surface area contributed by atoms with Gasteiger partial charge >= 0.3 is 5.97 Å². The van der Waals surface area contributed by atoms with Gasteiger partial charge in [-0.25, -0.2) is 9.78 Å². The zero-order valence-corrected chi connectivity index (χ0v) is 13.6. The molecule has 122 valence electrons. The lowest BCUT2D eigenvalue weighted by Crippen LogP contribution is -2.13. The number of rotatable bonds is 6. The summed E-state index contributed by atoms with van der Waals surface area (Å²) < 4.78 is 5.07. The van der Waals surface area contributed by atoms with Crippen LogP contribution >= 0.6 is 0 Å². The van der Waals surface area contributed by atoms with Gasteiger partial charge in [-0.05, 0) is 36.6 Å². The summed E-state index contributed by atoms with van der Waals surface area (Å²) in [5.74, 6) is 0.197. The number of nitrogens with zero attached hydrogens (tertiary/aromatic N) is 1. The number of aromatic nitrogens is 2. The Labute approximate surface area is 134 Å². The molecule has 0 saturated carbocycles. The van der Waals surface area contributed by atoms with Gasteiger partial charge in [-0.3, -0.25) is 9.78 Å². The number of ether oxygens (including phenoxy) is 1. The molecule has 0 fully saturated rings. The molecular weight excluding hydrogens is 294 g/mol. The van der Waals surface area contributed by atoms with Gasteiger partial charge in [0.15, 0.2) is 0 Å². The van der Waals surface area contributed by atoms with E-state index < -0.39 is 0 Å². The molecule has 0 aliphatic heterocycles. The predicted octanol–water partition coefficient (Wildman–Crippen LogP) is 3.20. The second-order valence-electron chi connectivity index (χ2n) is 5.51. The van der Waals surface area contributed by atoms with E-state index in [1.807, 2.05) is 20.8 Å². The Morgan fingerprint density at radius 1 is 1.30 bits per heavy atom. The second-order valence-corrected chi connectivity index (χ2v) is 5.51. The number of nitrogens with one attached hydrogen (secondary N) is 2. The maximum Gasteiger partial charge on any atom is 0.338 e. The third kappa shape index (κ3) is 4.67. The standard InChI is InChI=1S/C17H21N3O3/c1-4-9-23-16(22)12-5-7-13(8-6-12)18-17-19-14(11(2)3)10-15(21)20-17/h5-8,10-11H,4,9H2,1-3H3,(H2,18,19,20,21). The molecule has 0 radical (unpaired) electrons. The van der Waals surface area contributed by atoms with Crippen molar-refractivity contribution in [3.8, 4) is 0 Å². The molecule has 0 saturated heterocycles. The summed E-state index contributed by atoms with van der Waals surface area (Å²) in [5.41, 5.74) is 1.73. The minimum absolute atomic E-state index is 0.161. The van der Waals surface area contributed by atoms with Crippen molar-refractivity contribution in [2.24, 2.45) is 0 Å². The molecule has 2 rings (SSSR count). The smallest absolute Gasteiger partial charge is 0.338 e. The van der Waals surface area contributed by atoms with E-state index in [0.717, 1.165) is 17.8 Å². The van der Waals surface area contributed by atoms with Crippen molar-refractivity contribution in [2.45, 2.75) is 33.1 Å². The van der Waals surface area contributed by atoms with Crippen molar-refractivity contribution >= 4 is 17.6 Å². The predicted molar refractivity (Wildman–Crippen MR) is 89.2 cm³/mol. The Hall–Kier alpha value is -2.63. The van der Waals surface area contributed by atoms with Crippen molar-refractivity contribution in [3.63, 3.8) is 0 Å². The van der Waals surface area contributed by atoms with E-state index in [4.69, 9.17) is 4.74 Å². The third-order valence-corrected chi connectivity index (χ3v) is 3.17. The average molecular weight is 315 g/mol. The molecule has 1 aromatic heterocycles. The van der Waals surface area contributed by atoms with Crippen LogP contribution in [0.5, 0.6) is 0 Å². The van der Waals surface area contributed by atoms with Crippen molar-refractivity contribution in [1.82, 2.24) is 9.97 Å². The van der Waals surface area contributed by atoms with Crippen molar-refractivity contribution in [2.75, 3.05) is 11.9 Å². The molecule has 1 heterocycles. The molecule has 2 N–H and O–H groups in total. The van der Waals surface area contributed by atoms with E-state index >= 15 is 0 Å². The van der Waals surface area contributed by atoms with Crippen LogP contribution in [-0.2, 0) is 4.74 Å². The van der Waals surface area contributed by atoms with Gasteiger partial charge < -0.3 is 10.1 Å². The first kappa shape index (κ1) is 16.7. The van der Waals surface area contributed by atoms with E-state index in [9.17, 15) is 9.59 Å². The third-order valence-electron chi connectivity index (χ3n) is 3.17. The Morgan fingerprint density at radius 3 is 2.61 bits per heavy atom. The molecule has 0 aliphatic carbocycles. The van der Waals surface area contributed by atoms with Crippen LogP contribution in [0, 0.1) is 0 Å². The monoisotopic (exact) mass is 315 g/mol. The molecule has 1 aromatic carbocycles. The molecule has 2 aromatic rings. The number of esters is 1. The van der Waals surface area contributed by atoms with Crippen LogP contribution in [0.1, 0.15) is 49.2 Å². The molecule has 6 nitrogen and oxygen atoms in total. The van der Waals surface area contributed by atoms with Gasteiger partial charge in [-0.2, -0.15) is 0 Å². The lowest BCUT2D eigenvalue weighted by atomic mass is 10.1. The largest absolute Gasteiger partial charge is 0.462 e. The van der Waals surface area contributed by atoms with Crippen LogP contribution in [0.25, 0.3) is 0 Å². The summed E-state index contributed by atoms with van der Waals surface area (Å²) in [6.45, 7) is 6.30. The zero-order chi connectivity index (χ0) is 16.8. The Bertz CT molecular complexity index is 721. The van der Waals surface area contributed by atoms with Crippen LogP contribution in [0.4, 0.5) is 11.6 Å². The summed E-state index contributed by atoms with van der Waals surface area (Å²) in [7, 11) is 0. The van der Waals surface area contributed by atoms with Crippen LogP contribution in [-0.4, -0.2) is 22.5 Å². The van der Waals surface area contributed by atoms with Crippen molar-refractivity contribution in [3.05, 3.63) is 51.9 Å². The molecular formula is C17H21N3O3. The number of benzene rings is 1. The highest BCUT2D eigenvalue weighted by Gasteiger charge is 2.08. The van der Waals surface area contributed by atoms with E-state index in [-0.39, 0.29) is 17.4 Å². The Morgan fingerprint density at radius 2 is 2.00 bits per heavy atom. The van der Waals surface area contributed by atoms with Crippen molar-refractivity contribution in [1.29, 1.82) is 0 Å². The number of aromatic amines is 1. The van der Waals surface area contributed by atoms with E-state index in [2.05, 4.69) is 15.3 Å². The van der Waals surface area contributed by atoms with E-state index in [1.165, 1.54) is 6.07 Å². The zero-order valence-electron chi connectivity index (χ0n) is 13.6. The summed E-state index contributed by atoms with van der Waals surface area (Å²) in [4.78, 5) is 30.4. The summed E-state index contributed by atoms with van der Waals surface area (Å²) in [5, 5.41) is 3.03. The maximum absolute atomic E-state index is 11.7. The fourth-order valence-electron chi connectivity index (χ4n) is 1.94.